The van der Waals surface area contributed by atoms with Crippen molar-refractivity contribution in [3.05, 3.63) is 95.6 Å². The lowest BCUT2D eigenvalue weighted by molar-refractivity contribution is -0.159. The Hall–Kier alpha value is -3.40. The Balaban J connectivity index is 1.93. The minimum atomic E-state index is -1.62. The molecule has 128 valence electrons. The molecule has 26 heavy (non-hydrogen) atoms. The molecule has 4 rings (SSSR count). The average Bonchev–Trinajstić information content (AvgIpc) is 2.99. The third-order valence-electron chi connectivity index (χ3n) is 4.63. The van der Waals surface area contributed by atoms with Gasteiger partial charge in [0.15, 0.2) is 0 Å². The second-order valence-electron chi connectivity index (χ2n) is 6.02. The Morgan fingerprint density at radius 3 is 1.77 bits per heavy atom. The van der Waals surface area contributed by atoms with E-state index in [9.17, 15) is 9.59 Å². The topological polar surface area (TPSA) is 52.6 Å². The summed E-state index contributed by atoms with van der Waals surface area (Å²) in [5, 5.41) is 0. The minimum Gasteiger partial charge on any atom is -0.466 e. The highest BCUT2D eigenvalue weighted by Gasteiger charge is 2.54. The van der Waals surface area contributed by atoms with E-state index in [-0.39, 0.29) is 0 Å². The number of benzene rings is 3. The van der Waals surface area contributed by atoms with Gasteiger partial charge in [-0.25, -0.2) is 9.59 Å². The van der Waals surface area contributed by atoms with Crippen molar-refractivity contribution in [3.63, 3.8) is 0 Å². The summed E-state index contributed by atoms with van der Waals surface area (Å²) in [6.07, 6.45) is 0. The molecule has 0 radical (unpaired) electrons. The van der Waals surface area contributed by atoms with Gasteiger partial charge in [-0.1, -0.05) is 66.7 Å². The number of carbonyl (C=O) groups is 2. The molecule has 0 bridgehead atoms. The van der Waals surface area contributed by atoms with Gasteiger partial charge in [0, 0.05) is 11.1 Å². The van der Waals surface area contributed by atoms with Gasteiger partial charge in [0.05, 0.1) is 12.7 Å². The van der Waals surface area contributed by atoms with E-state index in [2.05, 4.69) is 0 Å². The first-order valence-electron chi connectivity index (χ1n) is 8.24. The van der Waals surface area contributed by atoms with Crippen LogP contribution in [0.4, 0.5) is 0 Å². The molecule has 0 aliphatic heterocycles. The van der Waals surface area contributed by atoms with E-state index in [1.807, 2.05) is 42.5 Å². The number of hydrogen-bond acceptors (Lipinski definition) is 4. The zero-order chi connectivity index (χ0) is 18.1. The molecule has 4 heteroatoms. The zero-order valence-electron chi connectivity index (χ0n) is 14.1. The van der Waals surface area contributed by atoms with E-state index in [0.717, 1.165) is 11.1 Å². The van der Waals surface area contributed by atoms with Crippen LogP contribution in [0, 0.1) is 0 Å². The molecule has 0 saturated carbocycles. The lowest BCUT2D eigenvalue weighted by atomic mass is 9.91. The average molecular weight is 344 g/mol. The van der Waals surface area contributed by atoms with Crippen LogP contribution < -0.4 is 0 Å². The number of rotatable bonds is 3. The van der Waals surface area contributed by atoms with Crippen LogP contribution in [0.1, 0.15) is 21.5 Å². The van der Waals surface area contributed by atoms with Crippen molar-refractivity contribution in [1.29, 1.82) is 0 Å². The van der Waals surface area contributed by atoms with Crippen LogP contribution in [0.5, 0.6) is 0 Å². The third kappa shape index (κ3) is 2.23. The van der Waals surface area contributed by atoms with Crippen molar-refractivity contribution < 1.29 is 19.1 Å². The van der Waals surface area contributed by atoms with Crippen molar-refractivity contribution in [2.75, 3.05) is 7.11 Å². The van der Waals surface area contributed by atoms with Gasteiger partial charge in [-0.05, 0) is 23.3 Å². The van der Waals surface area contributed by atoms with Crippen LogP contribution in [0.2, 0.25) is 0 Å². The lowest BCUT2D eigenvalue weighted by Crippen LogP contribution is -2.41. The molecule has 3 aromatic carbocycles. The molecular weight excluding hydrogens is 328 g/mol. The van der Waals surface area contributed by atoms with Crippen LogP contribution in [-0.4, -0.2) is 19.0 Å². The molecule has 0 N–H and O–H groups in total. The number of esters is 2. The standard InChI is InChI=1S/C22H16O4/c1-25-21(24)22(26-20(23)15-9-3-2-4-10-15)18-13-7-5-11-16(18)17-12-6-8-14-19(17)22/h2-14H,1H3. The maximum atomic E-state index is 12.9. The molecule has 0 amide bonds. The first-order valence-corrected chi connectivity index (χ1v) is 8.24. The van der Waals surface area contributed by atoms with Crippen molar-refractivity contribution in [3.8, 4) is 11.1 Å². The minimum absolute atomic E-state index is 0.373. The largest absolute Gasteiger partial charge is 0.466 e. The van der Waals surface area contributed by atoms with E-state index < -0.39 is 17.5 Å². The molecule has 0 heterocycles. The smallest absolute Gasteiger partial charge is 0.360 e. The highest BCUT2D eigenvalue weighted by atomic mass is 16.6. The van der Waals surface area contributed by atoms with Crippen molar-refractivity contribution in [1.82, 2.24) is 0 Å². The van der Waals surface area contributed by atoms with Crippen molar-refractivity contribution >= 4 is 11.9 Å². The van der Waals surface area contributed by atoms with E-state index in [0.29, 0.717) is 16.7 Å². The van der Waals surface area contributed by atoms with Gasteiger partial charge >= 0.3 is 11.9 Å². The van der Waals surface area contributed by atoms with Gasteiger partial charge < -0.3 is 9.47 Å². The maximum Gasteiger partial charge on any atom is 0.360 e. The fraction of sp³-hybridized carbons (Fsp3) is 0.0909. The summed E-state index contributed by atoms with van der Waals surface area (Å²) in [5.41, 5.74) is 1.69. The second-order valence-corrected chi connectivity index (χ2v) is 6.02. The van der Waals surface area contributed by atoms with Gasteiger partial charge in [-0.2, -0.15) is 0 Å². The molecule has 4 nitrogen and oxygen atoms in total. The summed E-state index contributed by atoms with van der Waals surface area (Å²) in [5.74, 6) is -1.21. The number of ether oxygens (including phenoxy) is 2. The molecule has 0 saturated heterocycles. The fourth-order valence-electron chi connectivity index (χ4n) is 3.48. The quantitative estimate of drug-likeness (QED) is 0.675. The second kappa shape index (κ2) is 6.15. The highest BCUT2D eigenvalue weighted by Crippen LogP contribution is 2.50. The molecule has 1 aliphatic carbocycles. The SMILES string of the molecule is COC(=O)C1(OC(=O)c2ccccc2)c2ccccc2-c2ccccc21. The molecule has 0 fully saturated rings. The van der Waals surface area contributed by atoms with Crippen LogP contribution >= 0.6 is 0 Å². The fourth-order valence-corrected chi connectivity index (χ4v) is 3.48. The monoisotopic (exact) mass is 344 g/mol. The van der Waals surface area contributed by atoms with Gasteiger partial charge in [0.2, 0.25) is 0 Å². The van der Waals surface area contributed by atoms with Crippen LogP contribution in [0.15, 0.2) is 78.9 Å². The molecule has 1 aliphatic rings. The van der Waals surface area contributed by atoms with Gasteiger partial charge in [-0.3, -0.25) is 0 Å². The predicted molar refractivity (Wildman–Crippen MR) is 96.5 cm³/mol. The van der Waals surface area contributed by atoms with Gasteiger partial charge in [0.1, 0.15) is 0 Å². The summed E-state index contributed by atoms with van der Waals surface area (Å²) in [7, 11) is 1.30. The number of carbonyl (C=O) groups excluding carboxylic acids is 2. The van der Waals surface area contributed by atoms with Crippen LogP contribution in [-0.2, 0) is 19.9 Å². The summed E-state index contributed by atoms with van der Waals surface area (Å²) in [4.78, 5) is 25.7. The summed E-state index contributed by atoms with van der Waals surface area (Å²) in [6, 6.07) is 23.4. The Morgan fingerprint density at radius 2 is 1.23 bits per heavy atom. The maximum absolute atomic E-state index is 12.9. The van der Waals surface area contributed by atoms with Crippen molar-refractivity contribution in [2.45, 2.75) is 5.60 Å². The normalized spacial score (nSPS) is 13.4. The zero-order valence-corrected chi connectivity index (χ0v) is 14.1. The van der Waals surface area contributed by atoms with E-state index in [1.54, 1.807) is 36.4 Å². The van der Waals surface area contributed by atoms with Crippen LogP contribution in [0.25, 0.3) is 11.1 Å². The predicted octanol–water partition coefficient (Wildman–Crippen LogP) is 3.94. The summed E-state index contributed by atoms with van der Waals surface area (Å²) in [6.45, 7) is 0. The third-order valence-corrected chi connectivity index (χ3v) is 4.63. The Bertz CT molecular complexity index is 946. The lowest BCUT2D eigenvalue weighted by Gasteiger charge is -2.28. The van der Waals surface area contributed by atoms with Gasteiger partial charge in [-0.15, -0.1) is 0 Å². The summed E-state index contributed by atoms with van der Waals surface area (Å²) < 4.78 is 10.9. The molecule has 3 aromatic rings. The number of fused-ring (bicyclic) bond motifs is 3. The van der Waals surface area contributed by atoms with E-state index in [4.69, 9.17) is 9.47 Å². The Kier molecular flexibility index (Phi) is 3.81. The number of methoxy groups -OCH3 is 1. The molecule has 0 spiro atoms. The van der Waals surface area contributed by atoms with E-state index >= 15 is 0 Å². The molecule has 0 atom stereocenters. The first-order chi connectivity index (χ1) is 12.7. The molecular formula is C22H16O4. The molecule has 0 unspecified atom stereocenters. The van der Waals surface area contributed by atoms with E-state index in [1.165, 1.54) is 7.11 Å². The van der Waals surface area contributed by atoms with Crippen LogP contribution in [0.3, 0.4) is 0 Å². The first kappa shape index (κ1) is 16.1. The van der Waals surface area contributed by atoms with Crippen molar-refractivity contribution in [2.24, 2.45) is 0 Å². The molecule has 0 aromatic heterocycles. The summed E-state index contributed by atoms with van der Waals surface area (Å²) >= 11 is 0. The number of hydrogen-bond donors (Lipinski definition) is 0. The highest BCUT2D eigenvalue weighted by molar-refractivity contribution is 6.00. The van der Waals surface area contributed by atoms with Gasteiger partial charge in [0.25, 0.3) is 5.60 Å². The Labute approximate surface area is 151 Å². The Morgan fingerprint density at radius 1 is 0.731 bits per heavy atom.